The lowest BCUT2D eigenvalue weighted by Crippen LogP contribution is -2.35. The summed E-state index contributed by atoms with van der Waals surface area (Å²) in [6.45, 7) is 4.20. The van der Waals surface area contributed by atoms with E-state index >= 15 is 0 Å². The van der Waals surface area contributed by atoms with Crippen LogP contribution in [0.15, 0.2) is 52.7 Å². The highest BCUT2D eigenvalue weighted by Gasteiger charge is 2.40. The molecule has 0 N–H and O–H groups in total. The maximum atomic E-state index is 6.15. The third-order valence-electron chi connectivity index (χ3n) is 3.07. The Bertz CT molecular complexity index is 464. The Morgan fingerprint density at radius 1 is 1.17 bits per heavy atom. The SMILES string of the molecule is CC1(C)CC(Cl)(Cl)C=CC1N=Nc1ccccc1. The number of hydrogen-bond acceptors (Lipinski definition) is 2. The second-order valence-corrected chi connectivity index (χ2v) is 6.82. The highest BCUT2D eigenvalue weighted by atomic mass is 35.5. The van der Waals surface area contributed by atoms with Crippen LogP contribution in [0.2, 0.25) is 0 Å². The van der Waals surface area contributed by atoms with Crippen LogP contribution in [0.1, 0.15) is 20.3 Å². The van der Waals surface area contributed by atoms with Gasteiger partial charge in [0.2, 0.25) is 0 Å². The molecule has 0 fully saturated rings. The number of allylic oxidation sites excluding steroid dienone is 1. The van der Waals surface area contributed by atoms with Gasteiger partial charge < -0.3 is 0 Å². The maximum Gasteiger partial charge on any atom is 0.137 e. The first-order valence-electron chi connectivity index (χ1n) is 5.92. The topological polar surface area (TPSA) is 24.7 Å². The first-order valence-corrected chi connectivity index (χ1v) is 6.68. The molecule has 0 saturated heterocycles. The van der Waals surface area contributed by atoms with Crippen LogP contribution in [-0.2, 0) is 0 Å². The number of alkyl halides is 2. The van der Waals surface area contributed by atoms with Crippen LogP contribution in [0.3, 0.4) is 0 Å². The molecule has 1 aromatic rings. The van der Waals surface area contributed by atoms with Crippen molar-refractivity contribution in [1.82, 2.24) is 0 Å². The molecule has 1 unspecified atom stereocenters. The third-order valence-corrected chi connectivity index (χ3v) is 3.59. The van der Waals surface area contributed by atoms with E-state index in [0.717, 1.165) is 5.69 Å². The van der Waals surface area contributed by atoms with Gasteiger partial charge in [0.25, 0.3) is 0 Å². The van der Waals surface area contributed by atoms with Gasteiger partial charge >= 0.3 is 0 Å². The van der Waals surface area contributed by atoms with Crippen LogP contribution in [0, 0.1) is 5.41 Å². The molecular weight excluding hydrogens is 267 g/mol. The first kappa shape index (κ1) is 13.6. The molecule has 0 aliphatic heterocycles. The van der Waals surface area contributed by atoms with E-state index in [2.05, 4.69) is 24.1 Å². The average molecular weight is 283 g/mol. The van der Waals surface area contributed by atoms with E-state index in [-0.39, 0.29) is 11.5 Å². The fraction of sp³-hybridized carbons (Fsp3) is 0.429. The number of azo groups is 1. The molecule has 2 rings (SSSR count). The number of halogens is 2. The van der Waals surface area contributed by atoms with Gasteiger partial charge in [0.1, 0.15) is 4.33 Å². The van der Waals surface area contributed by atoms with Crippen LogP contribution in [-0.4, -0.2) is 10.4 Å². The Hall–Kier alpha value is -0.860. The molecule has 0 amide bonds. The van der Waals surface area contributed by atoms with Crippen molar-refractivity contribution in [2.45, 2.75) is 30.6 Å². The molecule has 4 heteroatoms. The van der Waals surface area contributed by atoms with Crippen LogP contribution in [0.25, 0.3) is 0 Å². The van der Waals surface area contributed by atoms with E-state index < -0.39 is 4.33 Å². The Labute approximate surface area is 118 Å². The fourth-order valence-electron chi connectivity index (χ4n) is 2.08. The average Bonchev–Trinajstić information content (AvgIpc) is 2.27. The quantitative estimate of drug-likeness (QED) is 0.400. The monoisotopic (exact) mass is 282 g/mol. The molecule has 1 atom stereocenters. The fourth-order valence-corrected chi connectivity index (χ4v) is 2.92. The van der Waals surface area contributed by atoms with Crippen molar-refractivity contribution in [1.29, 1.82) is 0 Å². The smallest absolute Gasteiger partial charge is 0.137 e. The minimum Gasteiger partial charge on any atom is -0.181 e. The molecule has 96 valence electrons. The third kappa shape index (κ3) is 3.33. The Morgan fingerprint density at radius 3 is 2.44 bits per heavy atom. The minimum atomic E-state index is -0.789. The molecule has 0 radical (unpaired) electrons. The molecule has 0 heterocycles. The molecule has 0 saturated carbocycles. The van der Waals surface area contributed by atoms with Crippen LogP contribution in [0.5, 0.6) is 0 Å². The predicted molar refractivity (Wildman–Crippen MR) is 76.7 cm³/mol. The van der Waals surface area contributed by atoms with E-state index in [9.17, 15) is 0 Å². The summed E-state index contributed by atoms with van der Waals surface area (Å²) in [6, 6.07) is 9.70. The Kier molecular flexibility index (Phi) is 3.79. The summed E-state index contributed by atoms with van der Waals surface area (Å²) in [7, 11) is 0. The number of nitrogens with zero attached hydrogens (tertiary/aromatic N) is 2. The molecule has 0 bridgehead atoms. The van der Waals surface area contributed by atoms with Crippen molar-refractivity contribution in [3.8, 4) is 0 Å². The van der Waals surface area contributed by atoms with Crippen molar-refractivity contribution in [3.63, 3.8) is 0 Å². The first-order chi connectivity index (χ1) is 8.39. The molecule has 2 nitrogen and oxygen atoms in total. The summed E-state index contributed by atoms with van der Waals surface area (Å²) in [6.07, 6.45) is 4.41. The van der Waals surface area contributed by atoms with Gasteiger partial charge in [-0.2, -0.15) is 10.2 Å². The van der Waals surface area contributed by atoms with E-state index in [1.165, 1.54) is 0 Å². The van der Waals surface area contributed by atoms with E-state index in [1.807, 2.05) is 36.4 Å². The highest BCUT2D eigenvalue weighted by molar-refractivity contribution is 6.49. The minimum absolute atomic E-state index is 0.00308. The zero-order chi connectivity index (χ0) is 13.2. The summed E-state index contributed by atoms with van der Waals surface area (Å²) in [4.78, 5) is 0. The summed E-state index contributed by atoms with van der Waals surface area (Å²) in [5, 5.41) is 8.65. The van der Waals surface area contributed by atoms with E-state index in [0.29, 0.717) is 6.42 Å². The van der Waals surface area contributed by atoms with Crippen molar-refractivity contribution >= 4 is 28.9 Å². The van der Waals surface area contributed by atoms with E-state index in [1.54, 1.807) is 6.08 Å². The Morgan fingerprint density at radius 2 is 1.83 bits per heavy atom. The van der Waals surface area contributed by atoms with Crippen LogP contribution >= 0.6 is 23.2 Å². The second kappa shape index (κ2) is 5.02. The normalized spacial score (nSPS) is 25.4. The van der Waals surface area contributed by atoms with Gasteiger partial charge in [0.15, 0.2) is 0 Å². The molecule has 1 aliphatic carbocycles. The van der Waals surface area contributed by atoms with Gasteiger partial charge in [0, 0.05) is 0 Å². The number of benzene rings is 1. The molecule has 0 spiro atoms. The van der Waals surface area contributed by atoms with Crippen molar-refractivity contribution < 1.29 is 0 Å². The van der Waals surface area contributed by atoms with Crippen LogP contribution < -0.4 is 0 Å². The highest BCUT2D eigenvalue weighted by Crippen LogP contribution is 2.44. The van der Waals surface area contributed by atoms with E-state index in [4.69, 9.17) is 23.2 Å². The summed E-state index contributed by atoms with van der Waals surface area (Å²) in [5.74, 6) is 0. The summed E-state index contributed by atoms with van der Waals surface area (Å²) < 4.78 is -0.789. The van der Waals surface area contributed by atoms with Crippen molar-refractivity contribution in [2.24, 2.45) is 15.6 Å². The number of rotatable bonds is 2. The molecule has 1 aromatic carbocycles. The largest absolute Gasteiger partial charge is 0.181 e. The molecule has 1 aliphatic rings. The van der Waals surface area contributed by atoms with Gasteiger partial charge in [-0.1, -0.05) is 67.4 Å². The molecular formula is C14H16Cl2N2. The van der Waals surface area contributed by atoms with Gasteiger partial charge in [0.05, 0.1) is 11.7 Å². The lowest BCUT2D eigenvalue weighted by Gasteiger charge is -2.37. The zero-order valence-corrected chi connectivity index (χ0v) is 12.0. The maximum absolute atomic E-state index is 6.15. The van der Waals surface area contributed by atoms with Gasteiger partial charge in [-0.05, 0) is 24.0 Å². The molecule has 0 aromatic heterocycles. The van der Waals surface area contributed by atoms with Gasteiger partial charge in [-0.15, -0.1) is 0 Å². The van der Waals surface area contributed by atoms with Gasteiger partial charge in [-0.25, -0.2) is 0 Å². The predicted octanol–water partition coefficient (Wildman–Crippen LogP) is 5.30. The standard InChI is InChI=1S/C14H16Cl2N2/c1-13(2)10-14(15,16)9-8-12(13)18-17-11-6-4-3-5-7-11/h3-9,12H,10H2,1-2H3. The lowest BCUT2D eigenvalue weighted by atomic mass is 9.77. The molecule has 18 heavy (non-hydrogen) atoms. The number of hydrogen-bond donors (Lipinski definition) is 0. The lowest BCUT2D eigenvalue weighted by molar-refractivity contribution is 0.278. The van der Waals surface area contributed by atoms with Crippen molar-refractivity contribution in [2.75, 3.05) is 0 Å². The van der Waals surface area contributed by atoms with Crippen LogP contribution in [0.4, 0.5) is 5.69 Å². The van der Waals surface area contributed by atoms with Crippen molar-refractivity contribution in [3.05, 3.63) is 42.5 Å². The zero-order valence-electron chi connectivity index (χ0n) is 10.5. The summed E-state index contributed by atoms with van der Waals surface area (Å²) >= 11 is 12.3. The van der Waals surface area contributed by atoms with Gasteiger partial charge in [-0.3, -0.25) is 0 Å². The summed E-state index contributed by atoms with van der Waals surface area (Å²) in [5.41, 5.74) is 0.756. The second-order valence-electron chi connectivity index (χ2n) is 5.28. The Balaban J connectivity index is 2.17.